The second-order valence-electron chi connectivity index (χ2n) is 6.29. The molecule has 0 fully saturated rings. The van der Waals surface area contributed by atoms with Crippen LogP contribution in [0.3, 0.4) is 0 Å². The average molecular weight is 493 g/mol. The molecule has 3 aromatic rings. The number of aliphatic carboxylic acids is 1. The van der Waals surface area contributed by atoms with Crippen molar-refractivity contribution in [3.63, 3.8) is 0 Å². The third-order valence-corrected chi connectivity index (χ3v) is 5.63. The summed E-state index contributed by atoms with van der Waals surface area (Å²) in [6.07, 6.45) is -5.01. The van der Waals surface area contributed by atoms with Crippen LogP contribution in [-0.2, 0) is 27.5 Å². The molecule has 0 aliphatic carbocycles. The van der Waals surface area contributed by atoms with Crippen LogP contribution in [0.1, 0.15) is 5.69 Å². The molecule has 13 heteroatoms. The minimum Gasteiger partial charge on any atom is -0.548 e. The molecule has 0 atom stereocenters. The smallest absolute Gasteiger partial charge is 0.433 e. The number of nitrogens with two attached hydrogens (primary N) is 1. The maximum atomic E-state index is 14.0. The zero-order chi connectivity index (χ0) is 23.1. The number of hydrogen-bond acceptors (Lipinski definition) is 5. The van der Waals surface area contributed by atoms with Crippen LogP contribution in [0.2, 0.25) is 10.0 Å². The van der Waals surface area contributed by atoms with E-state index < -0.39 is 40.0 Å². The predicted octanol–water partition coefficient (Wildman–Crippen LogP) is 2.94. The zero-order valence-electron chi connectivity index (χ0n) is 15.2. The number of carbonyl (C=O) groups is 1. The fourth-order valence-electron chi connectivity index (χ4n) is 2.94. The summed E-state index contributed by atoms with van der Waals surface area (Å²) in [5, 5.41) is 19.9. The van der Waals surface area contributed by atoms with Gasteiger partial charge in [-0.15, -0.1) is 0 Å². The van der Waals surface area contributed by atoms with E-state index in [1.807, 2.05) is 0 Å². The summed E-state index contributed by atoms with van der Waals surface area (Å²) >= 11 is 12.0. The minimum absolute atomic E-state index is 0.0658. The molecule has 0 bridgehead atoms. The van der Waals surface area contributed by atoms with Gasteiger partial charge in [0.1, 0.15) is 5.69 Å². The van der Waals surface area contributed by atoms with E-state index in [-0.39, 0.29) is 36.4 Å². The van der Waals surface area contributed by atoms with Crippen molar-refractivity contribution in [1.29, 1.82) is 0 Å². The highest BCUT2D eigenvalue weighted by atomic mass is 35.5. The van der Waals surface area contributed by atoms with Crippen LogP contribution in [-0.4, -0.2) is 24.2 Å². The molecule has 0 amide bonds. The third kappa shape index (κ3) is 4.85. The van der Waals surface area contributed by atoms with Crippen LogP contribution < -0.4 is 10.2 Å². The Morgan fingerprint density at radius 3 is 2.23 bits per heavy atom. The maximum absolute atomic E-state index is 14.0. The summed E-state index contributed by atoms with van der Waals surface area (Å²) in [4.78, 5) is 10.8. The van der Waals surface area contributed by atoms with E-state index in [4.69, 9.17) is 28.3 Å². The van der Waals surface area contributed by atoms with Gasteiger partial charge >= 0.3 is 6.18 Å². The lowest BCUT2D eigenvalue weighted by Crippen LogP contribution is -2.30. The predicted molar refractivity (Wildman–Crippen MR) is 105 cm³/mol. The summed E-state index contributed by atoms with van der Waals surface area (Å²) in [6.45, 7) is -1.18. The molecule has 164 valence electrons. The van der Waals surface area contributed by atoms with Crippen molar-refractivity contribution >= 4 is 39.2 Å². The fourth-order valence-corrected chi connectivity index (χ4v) is 3.96. The molecule has 0 unspecified atom stereocenters. The summed E-state index contributed by atoms with van der Waals surface area (Å²) in [6, 6.07) is 8.33. The summed E-state index contributed by atoms with van der Waals surface area (Å²) in [5.41, 5.74) is -2.19. The Bertz CT molecular complexity index is 1270. The molecule has 0 saturated carbocycles. The van der Waals surface area contributed by atoms with Crippen molar-refractivity contribution in [3.05, 3.63) is 58.2 Å². The van der Waals surface area contributed by atoms with Gasteiger partial charge in [-0.3, -0.25) is 4.68 Å². The Morgan fingerprint density at radius 1 is 1.13 bits per heavy atom. The number of alkyl halides is 3. The van der Waals surface area contributed by atoms with Crippen molar-refractivity contribution in [3.8, 4) is 22.4 Å². The van der Waals surface area contributed by atoms with E-state index in [2.05, 4.69) is 5.10 Å². The molecule has 3 rings (SSSR count). The van der Waals surface area contributed by atoms with Crippen LogP contribution in [0.5, 0.6) is 0 Å². The lowest BCUT2D eigenvalue weighted by Gasteiger charge is -2.14. The number of benzene rings is 2. The van der Waals surface area contributed by atoms with Gasteiger partial charge in [0.2, 0.25) is 10.0 Å². The van der Waals surface area contributed by atoms with Gasteiger partial charge in [0.05, 0.1) is 22.4 Å². The monoisotopic (exact) mass is 492 g/mol. The van der Waals surface area contributed by atoms with Crippen LogP contribution in [0.4, 0.5) is 13.2 Å². The first-order valence-corrected chi connectivity index (χ1v) is 10.6. The van der Waals surface area contributed by atoms with Gasteiger partial charge in [-0.2, -0.15) is 18.3 Å². The van der Waals surface area contributed by atoms with Crippen molar-refractivity contribution in [2.75, 3.05) is 0 Å². The molecular weight excluding hydrogens is 482 g/mol. The SMILES string of the molecule is NS(=O)(=O)c1ccc(-c2nn(CC(=O)[O-])c(C(F)(F)F)c2-c2ccc(Cl)cc2Cl)cc1. The van der Waals surface area contributed by atoms with E-state index in [9.17, 15) is 31.5 Å². The topological polar surface area (TPSA) is 118 Å². The van der Waals surface area contributed by atoms with Crippen molar-refractivity contribution < 1.29 is 31.5 Å². The second kappa shape index (κ2) is 8.15. The van der Waals surface area contributed by atoms with Crippen LogP contribution >= 0.6 is 23.2 Å². The summed E-state index contributed by atoms with van der Waals surface area (Å²) in [7, 11) is -4.05. The number of aromatic nitrogens is 2. The minimum atomic E-state index is -5.01. The molecule has 2 N–H and O–H groups in total. The van der Waals surface area contributed by atoms with Gasteiger partial charge < -0.3 is 9.90 Å². The Kier molecular flexibility index (Phi) is 6.07. The van der Waals surface area contributed by atoms with E-state index in [0.717, 1.165) is 12.1 Å². The van der Waals surface area contributed by atoms with Crippen molar-refractivity contribution in [1.82, 2.24) is 9.78 Å². The van der Waals surface area contributed by atoms with Crippen molar-refractivity contribution in [2.45, 2.75) is 17.6 Å². The number of carboxylic acid groups (broad SMARTS) is 1. The van der Waals surface area contributed by atoms with Gasteiger partial charge in [-0.25, -0.2) is 13.6 Å². The number of carboxylic acids is 1. The molecule has 1 heterocycles. The Hall–Kier alpha value is -2.60. The van der Waals surface area contributed by atoms with Crippen LogP contribution in [0.25, 0.3) is 22.4 Å². The molecule has 0 spiro atoms. The number of primary sulfonamides is 1. The summed E-state index contributed by atoms with van der Waals surface area (Å²) < 4.78 is 65.1. The highest BCUT2D eigenvalue weighted by Crippen LogP contribution is 2.45. The molecular formula is C18H11Cl2F3N3O4S-. The van der Waals surface area contributed by atoms with Gasteiger partial charge in [0.25, 0.3) is 0 Å². The molecule has 0 saturated heterocycles. The quantitative estimate of drug-likeness (QED) is 0.587. The number of halogens is 5. The van der Waals surface area contributed by atoms with E-state index in [1.165, 1.54) is 30.3 Å². The zero-order valence-corrected chi connectivity index (χ0v) is 17.5. The first-order chi connectivity index (χ1) is 14.3. The van der Waals surface area contributed by atoms with E-state index in [0.29, 0.717) is 0 Å². The lowest BCUT2D eigenvalue weighted by molar-refractivity contribution is -0.306. The first-order valence-electron chi connectivity index (χ1n) is 8.25. The molecule has 1 aromatic heterocycles. The van der Waals surface area contributed by atoms with Gasteiger partial charge in [0, 0.05) is 21.7 Å². The Balaban J connectivity index is 2.37. The first kappa shape index (κ1) is 23.1. The third-order valence-electron chi connectivity index (χ3n) is 4.16. The largest absolute Gasteiger partial charge is 0.548 e. The average Bonchev–Trinajstić information content (AvgIpc) is 2.99. The highest BCUT2D eigenvalue weighted by Gasteiger charge is 2.41. The van der Waals surface area contributed by atoms with Crippen molar-refractivity contribution in [2.24, 2.45) is 5.14 Å². The maximum Gasteiger partial charge on any atom is 0.433 e. The lowest BCUT2D eigenvalue weighted by atomic mass is 9.98. The highest BCUT2D eigenvalue weighted by molar-refractivity contribution is 7.89. The van der Waals surface area contributed by atoms with Gasteiger partial charge in [0.15, 0.2) is 5.69 Å². The number of nitrogens with zero attached hydrogens (tertiary/aromatic N) is 2. The van der Waals surface area contributed by atoms with Gasteiger partial charge in [-0.1, -0.05) is 41.4 Å². The van der Waals surface area contributed by atoms with E-state index in [1.54, 1.807) is 0 Å². The molecule has 31 heavy (non-hydrogen) atoms. The van der Waals surface area contributed by atoms with Crippen LogP contribution in [0, 0.1) is 0 Å². The molecule has 2 aromatic carbocycles. The van der Waals surface area contributed by atoms with Gasteiger partial charge in [-0.05, 0) is 24.3 Å². The number of sulfonamides is 1. The molecule has 0 aliphatic rings. The second-order valence-corrected chi connectivity index (χ2v) is 8.70. The Labute approximate surface area is 183 Å². The fraction of sp³-hybridized carbons (Fsp3) is 0.111. The molecule has 0 aliphatic heterocycles. The number of carbonyl (C=O) groups excluding carboxylic acids is 1. The normalized spacial score (nSPS) is 12.2. The Morgan fingerprint density at radius 2 is 1.74 bits per heavy atom. The standard InChI is InChI=1S/C18H12Cl2F3N3O4S/c19-10-3-6-12(13(20)7-10)15-16(9-1-4-11(5-2-9)31(24,29)30)25-26(8-14(27)28)17(15)18(21,22)23/h1-7H,8H2,(H,27,28)(H2,24,29,30)/p-1. The van der Waals surface area contributed by atoms with Crippen LogP contribution in [0.15, 0.2) is 47.4 Å². The summed E-state index contributed by atoms with van der Waals surface area (Å²) in [5.74, 6) is -1.79. The molecule has 7 nitrogen and oxygen atoms in total. The van der Waals surface area contributed by atoms with E-state index >= 15 is 0 Å². The number of rotatable bonds is 5. The number of hydrogen-bond donors (Lipinski definition) is 1. The molecule has 0 radical (unpaired) electrons.